The molecule has 2 N–H and O–H groups in total. The molecule has 184 valence electrons. The second-order valence-corrected chi connectivity index (χ2v) is 9.35. The Morgan fingerprint density at radius 1 is 1.09 bits per heavy atom. The van der Waals surface area contributed by atoms with Gasteiger partial charge >= 0.3 is 0 Å². The largest absolute Gasteiger partial charge is 0.481 e. The first-order chi connectivity index (χ1) is 16.7. The van der Waals surface area contributed by atoms with Crippen LogP contribution < -0.4 is 14.2 Å². The van der Waals surface area contributed by atoms with Crippen LogP contribution in [0, 0.1) is 0 Å². The average molecular weight is 545 g/mol. The van der Waals surface area contributed by atoms with Gasteiger partial charge in [-0.2, -0.15) is 9.97 Å². The molecule has 10 nitrogen and oxygen atoms in total. The van der Waals surface area contributed by atoms with Crippen LogP contribution in [0.15, 0.2) is 35.6 Å². The first-order valence-electron chi connectivity index (χ1n) is 9.72. The minimum Gasteiger partial charge on any atom is -0.481 e. The molecule has 0 fully saturated rings. The molecule has 0 bridgehead atoms. The van der Waals surface area contributed by atoms with E-state index in [9.17, 15) is 17.2 Å². The number of fused-ring (bicyclic) bond motifs is 1. The lowest BCUT2D eigenvalue weighted by molar-refractivity contribution is 0.146. The van der Waals surface area contributed by atoms with Crippen LogP contribution in [0.4, 0.5) is 14.7 Å². The van der Waals surface area contributed by atoms with Crippen molar-refractivity contribution in [2.24, 2.45) is 0 Å². The Balaban J connectivity index is 1.79. The second-order valence-electron chi connectivity index (χ2n) is 6.94. The Morgan fingerprint density at radius 3 is 2.34 bits per heavy atom. The minimum absolute atomic E-state index is 0.0792. The number of rotatable bonds is 8. The number of aromatic nitrogens is 5. The number of ether oxygens (including phenoxy) is 2. The lowest BCUT2D eigenvalue weighted by atomic mass is 10.1. The monoisotopic (exact) mass is 544 g/mol. The van der Waals surface area contributed by atoms with Crippen molar-refractivity contribution >= 4 is 50.1 Å². The molecular weight excluding hydrogens is 529 g/mol. The van der Waals surface area contributed by atoms with E-state index in [0.717, 1.165) is 0 Å². The lowest BCUT2D eigenvalue weighted by Crippen LogP contribution is -2.16. The van der Waals surface area contributed by atoms with E-state index in [4.69, 9.17) is 32.7 Å². The summed E-state index contributed by atoms with van der Waals surface area (Å²) in [5.74, 6) is -0.933. The average Bonchev–Trinajstić information content (AvgIpc) is 3.25. The van der Waals surface area contributed by atoms with Crippen LogP contribution in [-0.4, -0.2) is 54.0 Å². The van der Waals surface area contributed by atoms with E-state index in [-0.39, 0.29) is 43.5 Å². The van der Waals surface area contributed by atoms with Crippen molar-refractivity contribution in [3.05, 3.63) is 46.5 Å². The van der Waals surface area contributed by atoms with Gasteiger partial charge in [-0.05, 0) is 12.1 Å². The van der Waals surface area contributed by atoms with Crippen LogP contribution in [0.2, 0.25) is 10.2 Å². The van der Waals surface area contributed by atoms with E-state index in [0.29, 0.717) is 11.1 Å². The number of anilines is 1. The highest BCUT2D eigenvalue weighted by atomic mass is 35.5. The van der Waals surface area contributed by atoms with Crippen molar-refractivity contribution in [1.29, 1.82) is 0 Å². The van der Waals surface area contributed by atoms with Crippen LogP contribution in [-0.2, 0) is 16.4 Å². The van der Waals surface area contributed by atoms with Gasteiger partial charge in [0.2, 0.25) is 24.1 Å². The highest BCUT2D eigenvalue weighted by Crippen LogP contribution is 2.38. The number of sulfonamides is 1. The predicted octanol–water partition coefficient (Wildman–Crippen LogP) is 4.35. The Bertz CT molecular complexity index is 1490. The number of nitrogens with zero attached hydrogens (tertiary/aromatic N) is 4. The summed E-state index contributed by atoms with van der Waals surface area (Å²) in [6.07, 6.45) is 0.615. The number of nitrogens with one attached hydrogen (secondary N) is 2. The number of aromatic amines is 1. The van der Waals surface area contributed by atoms with Crippen molar-refractivity contribution < 1.29 is 26.7 Å². The SMILES string of the molecule is COc1nc(NS(=O)(=O)c2c[nH]c3c(-c4nccnc4Cl)c(Cl)ccc23)nc(OC)c1CC(F)F. The summed E-state index contributed by atoms with van der Waals surface area (Å²) in [5.41, 5.74) is 0.874. The van der Waals surface area contributed by atoms with Gasteiger partial charge in [0.1, 0.15) is 10.6 Å². The van der Waals surface area contributed by atoms with Gasteiger partial charge in [-0.1, -0.05) is 23.2 Å². The number of hydrogen-bond acceptors (Lipinski definition) is 8. The van der Waals surface area contributed by atoms with Crippen molar-refractivity contribution in [2.45, 2.75) is 17.7 Å². The fraction of sp³-hybridized carbons (Fsp3) is 0.200. The molecule has 15 heteroatoms. The molecule has 0 radical (unpaired) electrons. The van der Waals surface area contributed by atoms with E-state index in [1.165, 1.54) is 44.9 Å². The summed E-state index contributed by atoms with van der Waals surface area (Å²) in [4.78, 5) is 18.7. The van der Waals surface area contributed by atoms with Crippen molar-refractivity contribution in [1.82, 2.24) is 24.9 Å². The smallest absolute Gasteiger partial charge is 0.266 e. The maximum atomic E-state index is 13.2. The minimum atomic E-state index is -4.28. The predicted molar refractivity (Wildman–Crippen MR) is 125 cm³/mol. The summed E-state index contributed by atoms with van der Waals surface area (Å²) in [5, 5.41) is 0.619. The maximum absolute atomic E-state index is 13.2. The van der Waals surface area contributed by atoms with Gasteiger partial charge in [-0.25, -0.2) is 26.9 Å². The van der Waals surface area contributed by atoms with Crippen molar-refractivity contribution in [2.75, 3.05) is 18.9 Å². The van der Waals surface area contributed by atoms with Gasteiger partial charge in [0, 0.05) is 36.0 Å². The van der Waals surface area contributed by atoms with Gasteiger partial charge in [0.15, 0.2) is 5.15 Å². The van der Waals surface area contributed by atoms with Crippen molar-refractivity contribution in [3.63, 3.8) is 0 Å². The summed E-state index contributed by atoms with van der Waals surface area (Å²) >= 11 is 12.5. The van der Waals surface area contributed by atoms with E-state index in [1.54, 1.807) is 0 Å². The molecule has 1 aromatic carbocycles. The van der Waals surface area contributed by atoms with Gasteiger partial charge < -0.3 is 14.5 Å². The number of H-pyrrole nitrogens is 1. The van der Waals surface area contributed by atoms with Gasteiger partial charge in [-0.3, -0.25) is 4.98 Å². The summed E-state index contributed by atoms with van der Waals surface area (Å²) in [6.45, 7) is 0. The maximum Gasteiger partial charge on any atom is 0.266 e. The van der Waals surface area contributed by atoms with Crippen molar-refractivity contribution in [3.8, 4) is 23.0 Å². The molecule has 0 aliphatic heterocycles. The summed E-state index contributed by atoms with van der Waals surface area (Å²) in [6, 6.07) is 3.00. The van der Waals surface area contributed by atoms with Gasteiger partial charge in [0.25, 0.3) is 10.0 Å². The zero-order valence-electron chi connectivity index (χ0n) is 18.0. The third-order valence-electron chi connectivity index (χ3n) is 4.85. The third-order valence-corrected chi connectivity index (χ3v) is 6.81. The Morgan fingerprint density at radius 2 is 1.74 bits per heavy atom. The molecule has 4 rings (SSSR count). The first-order valence-corrected chi connectivity index (χ1v) is 12.0. The Kier molecular flexibility index (Phi) is 6.92. The van der Waals surface area contributed by atoms with E-state index < -0.39 is 28.8 Å². The molecule has 0 aliphatic carbocycles. The molecule has 35 heavy (non-hydrogen) atoms. The molecule has 0 saturated heterocycles. The van der Waals surface area contributed by atoms with Crippen LogP contribution in [0.1, 0.15) is 5.56 Å². The van der Waals surface area contributed by atoms with Crippen LogP contribution in [0.25, 0.3) is 22.2 Å². The lowest BCUT2D eigenvalue weighted by Gasteiger charge is -2.14. The number of methoxy groups -OCH3 is 2. The van der Waals surface area contributed by atoms with Crippen LogP contribution >= 0.6 is 23.2 Å². The molecular formula is C20H16Cl2F2N6O4S. The zero-order chi connectivity index (χ0) is 25.3. The molecule has 3 heterocycles. The normalized spacial score (nSPS) is 11.7. The van der Waals surface area contributed by atoms with Crippen LogP contribution in [0.5, 0.6) is 11.8 Å². The number of benzene rings is 1. The first kappa shape index (κ1) is 24.8. The zero-order valence-corrected chi connectivity index (χ0v) is 20.3. The quantitative estimate of drug-likeness (QED) is 0.334. The number of alkyl halides is 2. The van der Waals surface area contributed by atoms with Crippen LogP contribution in [0.3, 0.4) is 0 Å². The second kappa shape index (κ2) is 9.76. The van der Waals surface area contributed by atoms with E-state index in [1.807, 2.05) is 0 Å². The van der Waals surface area contributed by atoms with Gasteiger partial charge in [-0.15, -0.1) is 0 Å². The molecule has 0 atom stereocenters. The molecule has 0 unspecified atom stereocenters. The molecule has 0 amide bonds. The fourth-order valence-electron chi connectivity index (χ4n) is 3.42. The number of hydrogen-bond donors (Lipinski definition) is 2. The molecule has 3 aromatic heterocycles. The third kappa shape index (κ3) is 4.79. The molecule has 4 aromatic rings. The number of halogens is 4. The van der Waals surface area contributed by atoms with E-state index >= 15 is 0 Å². The highest BCUT2D eigenvalue weighted by molar-refractivity contribution is 7.93. The standard InChI is InChI=1S/C20H16Cl2F2N6O4S/c1-33-18-10(7-13(23)24)19(34-2)29-20(28-18)30-35(31,32)12-8-27-15-9(12)3-4-11(21)14(15)16-17(22)26-6-5-25-16/h3-6,8,13,27H,7H2,1-2H3,(H,28,29,30). The highest BCUT2D eigenvalue weighted by Gasteiger charge is 2.26. The molecule has 0 aliphatic rings. The summed E-state index contributed by atoms with van der Waals surface area (Å²) in [7, 11) is -1.87. The fourth-order valence-corrected chi connectivity index (χ4v) is 4.98. The Labute approximate surface area is 207 Å². The summed E-state index contributed by atoms with van der Waals surface area (Å²) < 4.78 is 64.7. The molecule has 0 saturated carbocycles. The van der Waals surface area contributed by atoms with Gasteiger partial charge in [0.05, 0.1) is 30.3 Å². The Hall–Kier alpha value is -3.29. The topological polar surface area (TPSA) is 132 Å². The van der Waals surface area contributed by atoms with E-state index in [2.05, 4.69) is 29.6 Å². The molecule has 0 spiro atoms.